The van der Waals surface area contributed by atoms with Crippen LogP contribution in [-0.2, 0) is 23.1 Å². The van der Waals surface area contributed by atoms with Gasteiger partial charge in [-0.2, -0.15) is 4.31 Å². The third-order valence-electron chi connectivity index (χ3n) is 4.25. The summed E-state index contributed by atoms with van der Waals surface area (Å²) in [5, 5.41) is 0.226. The normalized spacial score (nSPS) is 11.6. The van der Waals surface area contributed by atoms with E-state index in [9.17, 15) is 8.42 Å². The second-order valence-corrected chi connectivity index (χ2v) is 10.4. The molecule has 3 aromatic rings. The van der Waals surface area contributed by atoms with E-state index in [0.717, 1.165) is 22.5 Å². The van der Waals surface area contributed by atoms with Gasteiger partial charge in [-0.3, -0.25) is 0 Å². The summed E-state index contributed by atoms with van der Waals surface area (Å²) >= 11 is 12.9. The topological polar surface area (TPSA) is 55.8 Å². The average molecular weight is 472 g/mol. The van der Waals surface area contributed by atoms with Crippen LogP contribution >= 0.6 is 34.5 Å². The minimum atomic E-state index is -3.81. The van der Waals surface area contributed by atoms with E-state index in [1.165, 1.54) is 10.4 Å². The van der Waals surface area contributed by atoms with E-state index in [-0.39, 0.29) is 26.7 Å². The highest BCUT2D eigenvalue weighted by Gasteiger charge is 2.28. The summed E-state index contributed by atoms with van der Waals surface area (Å²) in [5.74, 6) is 1.41. The smallest absolute Gasteiger partial charge is 0.253 e. The van der Waals surface area contributed by atoms with Crippen LogP contribution in [0, 0.1) is 0 Å². The molecule has 0 bridgehead atoms. The number of rotatable bonds is 8. The molecule has 0 radical (unpaired) electrons. The van der Waals surface area contributed by atoms with Gasteiger partial charge in [-0.25, -0.2) is 8.42 Å². The van der Waals surface area contributed by atoms with Gasteiger partial charge in [0.25, 0.3) is 10.0 Å². The Morgan fingerprint density at radius 3 is 1.66 bits per heavy atom. The van der Waals surface area contributed by atoms with E-state index in [2.05, 4.69) is 0 Å². The number of hydrogen-bond donors (Lipinski definition) is 0. The molecule has 0 amide bonds. The lowest BCUT2D eigenvalue weighted by Gasteiger charge is -2.22. The predicted octanol–water partition coefficient (Wildman–Crippen LogP) is 5.46. The van der Waals surface area contributed by atoms with Crippen molar-refractivity contribution in [3.05, 3.63) is 75.1 Å². The van der Waals surface area contributed by atoms with Crippen molar-refractivity contribution in [1.29, 1.82) is 0 Å². The molecule has 154 valence electrons. The monoisotopic (exact) mass is 471 g/mol. The first-order valence-electron chi connectivity index (χ1n) is 8.54. The van der Waals surface area contributed by atoms with Gasteiger partial charge in [0.05, 0.1) is 19.2 Å². The summed E-state index contributed by atoms with van der Waals surface area (Å²) in [7, 11) is -0.644. The first kappa shape index (κ1) is 21.9. The van der Waals surface area contributed by atoms with Gasteiger partial charge in [0, 0.05) is 13.1 Å². The first-order chi connectivity index (χ1) is 13.8. The Balaban J connectivity index is 1.94. The van der Waals surface area contributed by atoms with Gasteiger partial charge in [-0.1, -0.05) is 47.5 Å². The van der Waals surface area contributed by atoms with Crippen LogP contribution in [0.2, 0.25) is 9.36 Å². The molecule has 0 N–H and O–H groups in total. The van der Waals surface area contributed by atoms with Crippen molar-refractivity contribution in [2.75, 3.05) is 14.2 Å². The van der Waals surface area contributed by atoms with E-state index in [1.54, 1.807) is 38.5 Å². The van der Waals surface area contributed by atoms with Gasteiger partial charge >= 0.3 is 0 Å². The summed E-state index contributed by atoms with van der Waals surface area (Å²) in [4.78, 5) is 0. The van der Waals surface area contributed by atoms with E-state index in [1.807, 2.05) is 24.3 Å². The Morgan fingerprint density at radius 1 is 0.862 bits per heavy atom. The van der Waals surface area contributed by atoms with Crippen LogP contribution in [0.1, 0.15) is 11.1 Å². The van der Waals surface area contributed by atoms with E-state index in [4.69, 9.17) is 32.7 Å². The molecule has 0 fully saturated rings. The third kappa shape index (κ3) is 5.24. The predicted molar refractivity (Wildman–Crippen MR) is 117 cm³/mol. The molecule has 29 heavy (non-hydrogen) atoms. The quantitative estimate of drug-likeness (QED) is 0.437. The fourth-order valence-electron chi connectivity index (χ4n) is 2.68. The van der Waals surface area contributed by atoms with Crippen LogP contribution in [0.3, 0.4) is 0 Å². The zero-order valence-electron chi connectivity index (χ0n) is 15.8. The van der Waals surface area contributed by atoms with Crippen molar-refractivity contribution in [3.8, 4) is 11.5 Å². The number of hydrogen-bond acceptors (Lipinski definition) is 5. The molecule has 0 saturated carbocycles. The van der Waals surface area contributed by atoms with Gasteiger partial charge < -0.3 is 9.47 Å². The van der Waals surface area contributed by atoms with Crippen LogP contribution in [0.25, 0.3) is 0 Å². The number of sulfonamides is 1. The maximum atomic E-state index is 13.3. The lowest BCUT2D eigenvalue weighted by atomic mass is 10.2. The molecule has 9 heteroatoms. The van der Waals surface area contributed by atoms with E-state index in [0.29, 0.717) is 11.5 Å². The SMILES string of the molecule is COc1ccc(CN(Cc2ccc(OC)cc2)S(=O)(=O)c2cc(Cl)c(Cl)s2)cc1. The molecule has 0 aliphatic heterocycles. The standard InChI is InChI=1S/C20H19Cl2NO4S2/c1-26-16-7-3-14(4-8-16)12-23(13-15-5-9-17(27-2)10-6-15)29(24,25)19-11-18(21)20(22)28-19/h3-11H,12-13H2,1-2H3. The number of benzene rings is 2. The Hall–Kier alpha value is -1.77. The maximum Gasteiger partial charge on any atom is 0.253 e. The Bertz CT molecular complexity index is 996. The highest BCUT2D eigenvalue weighted by atomic mass is 35.5. The summed E-state index contributed by atoms with van der Waals surface area (Å²) < 4.78 is 38.7. The van der Waals surface area contributed by atoms with Crippen LogP contribution in [0.15, 0.2) is 58.8 Å². The number of halogens is 2. The minimum Gasteiger partial charge on any atom is -0.497 e. The summed E-state index contributed by atoms with van der Waals surface area (Å²) in [5.41, 5.74) is 1.66. The molecule has 3 rings (SSSR count). The summed E-state index contributed by atoms with van der Waals surface area (Å²) in [6.45, 7) is 0.372. The molecular formula is C20H19Cl2NO4S2. The Kier molecular flexibility index (Phi) is 7.08. The number of thiophene rings is 1. The van der Waals surface area contributed by atoms with Gasteiger partial charge in [-0.05, 0) is 41.5 Å². The van der Waals surface area contributed by atoms with Gasteiger partial charge in [0.1, 0.15) is 20.0 Å². The van der Waals surface area contributed by atoms with Crippen molar-refractivity contribution in [3.63, 3.8) is 0 Å². The molecule has 2 aromatic carbocycles. The van der Waals surface area contributed by atoms with Crippen molar-refractivity contribution < 1.29 is 17.9 Å². The Labute approximate surface area is 184 Å². The van der Waals surface area contributed by atoms with Crippen LogP contribution in [0.5, 0.6) is 11.5 Å². The van der Waals surface area contributed by atoms with Gasteiger partial charge in [0.2, 0.25) is 0 Å². The van der Waals surface area contributed by atoms with Crippen LogP contribution in [0.4, 0.5) is 0 Å². The minimum absolute atomic E-state index is 0.106. The summed E-state index contributed by atoms with van der Waals surface area (Å²) in [6, 6.07) is 15.9. The van der Waals surface area contributed by atoms with E-state index >= 15 is 0 Å². The van der Waals surface area contributed by atoms with Gasteiger partial charge in [-0.15, -0.1) is 11.3 Å². The fraction of sp³-hybridized carbons (Fsp3) is 0.200. The summed E-state index contributed by atoms with van der Waals surface area (Å²) in [6.07, 6.45) is 0. The molecule has 0 aliphatic rings. The third-order valence-corrected chi connectivity index (χ3v) is 8.36. The molecule has 0 spiro atoms. The average Bonchev–Trinajstić information content (AvgIpc) is 3.08. The molecule has 1 aromatic heterocycles. The van der Waals surface area contributed by atoms with Gasteiger partial charge in [0.15, 0.2) is 0 Å². The lowest BCUT2D eigenvalue weighted by molar-refractivity contribution is 0.398. The zero-order chi connectivity index (χ0) is 21.0. The highest BCUT2D eigenvalue weighted by molar-refractivity contribution is 7.91. The molecule has 5 nitrogen and oxygen atoms in total. The second kappa shape index (κ2) is 9.36. The van der Waals surface area contributed by atoms with Crippen LogP contribution < -0.4 is 9.47 Å². The molecule has 0 saturated heterocycles. The molecule has 0 unspecified atom stereocenters. The molecule has 1 heterocycles. The zero-order valence-corrected chi connectivity index (χ0v) is 18.9. The van der Waals surface area contributed by atoms with E-state index < -0.39 is 10.0 Å². The number of nitrogens with zero attached hydrogens (tertiary/aromatic N) is 1. The largest absolute Gasteiger partial charge is 0.497 e. The van der Waals surface area contributed by atoms with Crippen molar-refractivity contribution >= 4 is 44.6 Å². The molecule has 0 aliphatic carbocycles. The number of ether oxygens (including phenoxy) is 2. The van der Waals surface area contributed by atoms with Crippen molar-refractivity contribution in [2.45, 2.75) is 17.3 Å². The lowest BCUT2D eigenvalue weighted by Crippen LogP contribution is -2.29. The highest BCUT2D eigenvalue weighted by Crippen LogP contribution is 2.36. The maximum absolute atomic E-state index is 13.3. The molecular weight excluding hydrogens is 453 g/mol. The second-order valence-electron chi connectivity index (χ2n) is 6.16. The first-order valence-corrected chi connectivity index (χ1v) is 11.6. The fourth-order valence-corrected chi connectivity index (χ4v) is 6.13. The number of methoxy groups -OCH3 is 2. The van der Waals surface area contributed by atoms with Crippen molar-refractivity contribution in [2.24, 2.45) is 0 Å². The van der Waals surface area contributed by atoms with Crippen LogP contribution in [-0.4, -0.2) is 26.9 Å². The van der Waals surface area contributed by atoms with Crippen molar-refractivity contribution in [1.82, 2.24) is 4.31 Å². The Morgan fingerprint density at radius 2 is 1.31 bits per heavy atom. The molecule has 0 atom stereocenters.